The second-order valence-electron chi connectivity index (χ2n) is 4.77. The predicted molar refractivity (Wildman–Crippen MR) is 79.3 cm³/mol. The fourth-order valence-electron chi connectivity index (χ4n) is 1.71. The van der Waals surface area contributed by atoms with Crippen molar-refractivity contribution in [2.24, 2.45) is 0 Å². The van der Waals surface area contributed by atoms with Crippen molar-refractivity contribution in [1.82, 2.24) is 9.69 Å². The highest BCUT2D eigenvalue weighted by atomic mass is 32.1. The summed E-state index contributed by atoms with van der Waals surface area (Å²) in [5, 5.41) is 2.83. The molecule has 0 atom stereocenters. The number of hydrogen-bond acceptors (Lipinski definition) is 4. The Kier molecular flexibility index (Phi) is 3.85. The number of rotatable bonds is 3. The van der Waals surface area contributed by atoms with E-state index in [1.165, 1.54) is 5.56 Å². The summed E-state index contributed by atoms with van der Waals surface area (Å²) in [6, 6.07) is 8.01. The third-order valence-electron chi connectivity index (χ3n) is 2.68. The first kappa shape index (κ1) is 13.5. The minimum Gasteiger partial charge on any atom is -0.396 e. The maximum atomic E-state index is 12.0. The number of nitrogens with zero attached hydrogens (tertiary/aromatic N) is 1. The minimum absolute atomic E-state index is 0.0804. The zero-order valence-corrected chi connectivity index (χ0v) is 12.0. The van der Waals surface area contributed by atoms with Crippen LogP contribution in [0.3, 0.4) is 0 Å². The van der Waals surface area contributed by atoms with Gasteiger partial charge in [0, 0.05) is 11.6 Å². The quantitative estimate of drug-likeness (QED) is 0.905. The van der Waals surface area contributed by atoms with Gasteiger partial charge in [-0.2, -0.15) is 4.37 Å². The molecule has 0 spiro atoms. The smallest absolute Gasteiger partial charge is 0.265 e. The predicted octanol–water partition coefficient (Wildman–Crippen LogP) is 2.84. The van der Waals surface area contributed by atoms with Crippen LogP contribution in [0.1, 0.15) is 29.1 Å². The lowest BCUT2D eigenvalue weighted by molar-refractivity contribution is 0.0948. The molecule has 0 aliphatic carbocycles. The van der Waals surface area contributed by atoms with E-state index in [2.05, 4.69) is 9.69 Å². The molecule has 1 aromatic heterocycles. The first-order valence-corrected chi connectivity index (χ1v) is 6.89. The Morgan fingerprint density at radius 2 is 1.95 bits per heavy atom. The van der Waals surface area contributed by atoms with Crippen LogP contribution in [-0.4, -0.2) is 16.3 Å². The van der Waals surface area contributed by atoms with Gasteiger partial charge < -0.3 is 11.1 Å². The van der Waals surface area contributed by atoms with Crippen LogP contribution in [0.2, 0.25) is 0 Å². The number of nitrogens with two attached hydrogens (primary N) is 1. The summed E-state index contributed by atoms with van der Waals surface area (Å²) >= 11 is 1.14. The van der Waals surface area contributed by atoms with Crippen molar-refractivity contribution < 1.29 is 4.79 Å². The Balaban J connectivity index is 2.32. The summed E-state index contributed by atoms with van der Waals surface area (Å²) in [7, 11) is 0. The number of hydrogen-bond donors (Lipinski definition) is 2. The van der Waals surface area contributed by atoms with Gasteiger partial charge in [-0.15, -0.1) is 0 Å². The summed E-state index contributed by atoms with van der Waals surface area (Å²) in [4.78, 5) is 12.4. The second kappa shape index (κ2) is 5.40. The summed E-state index contributed by atoms with van der Waals surface area (Å²) in [6.45, 7) is 5.85. The second-order valence-corrected chi connectivity index (χ2v) is 5.54. The Hall–Kier alpha value is -1.88. The van der Waals surface area contributed by atoms with Crippen LogP contribution >= 0.6 is 11.5 Å². The van der Waals surface area contributed by atoms with Crippen LogP contribution in [0.4, 0.5) is 5.69 Å². The average Bonchev–Trinajstić information content (AvgIpc) is 2.71. The maximum absolute atomic E-state index is 12.0. The number of anilines is 1. The monoisotopic (exact) mass is 275 g/mol. The van der Waals surface area contributed by atoms with Crippen LogP contribution in [0.5, 0.6) is 0 Å². The molecule has 5 heteroatoms. The Morgan fingerprint density at radius 1 is 1.32 bits per heavy atom. The van der Waals surface area contributed by atoms with E-state index in [4.69, 9.17) is 5.73 Å². The highest BCUT2D eigenvalue weighted by molar-refractivity contribution is 7.09. The largest absolute Gasteiger partial charge is 0.396 e. The molecule has 0 radical (unpaired) electrons. The summed E-state index contributed by atoms with van der Waals surface area (Å²) < 4.78 is 4.30. The summed E-state index contributed by atoms with van der Waals surface area (Å²) in [5.41, 5.74) is 9.28. The van der Waals surface area contributed by atoms with Crippen molar-refractivity contribution in [3.05, 3.63) is 34.7 Å². The lowest BCUT2D eigenvalue weighted by Gasteiger charge is -2.07. The van der Waals surface area contributed by atoms with Crippen LogP contribution < -0.4 is 11.1 Å². The number of amides is 1. The molecule has 1 aromatic carbocycles. The summed E-state index contributed by atoms with van der Waals surface area (Å²) in [5.74, 6) is -0.164. The molecule has 0 fully saturated rings. The van der Waals surface area contributed by atoms with Gasteiger partial charge >= 0.3 is 0 Å². The van der Waals surface area contributed by atoms with Crippen molar-refractivity contribution in [2.45, 2.75) is 26.8 Å². The van der Waals surface area contributed by atoms with E-state index in [9.17, 15) is 4.79 Å². The van der Waals surface area contributed by atoms with Crippen molar-refractivity contribution >= 4 is 23.1 Å². The molecule has 19 heavy (non-hydrogen) atoms. The van der Waals surface area contributed by atoms with Gasteiger partial charge in [0.1, 0.15) is 10.6 Å². The molecule has 1 amide bonds. The van der Waals surface area contributed by atoms with E-state index in [0.717, 1.165) is 17.1 Å². The number of carbonyl (C=O) groups is 1. The molecule has 0 saturated carbocycles. The molecule has 3 N–H and O–H groups in total. The third kappa shape index (κ3) is 2.93. The van der Waals surface area contributed by atoms with E-state index >= 15 is 0 Å². The number of nitrogens with one attached hydrogen (secondary N) is 1. The minimum atomic E-state index is -0.164. The van der Waals surface area contributed by atoms with Crippen molar-refractivity contribution in [3.63, 3.8) is 0 Å². The molecule has 100 valence electrons. The number of nitrogen functional groups attached to an aromatic ring is 1. The van der Waals surface area contributed by atoms with Gasteiger partial charge in [0.25, 0.3) is 5.91 Å². The van der Waals surface area contributed by atoms with E-state index in [0.29, 0.717) is 16.3 Å². The maximum Gasteiger partial charge on any atom is 0.265 e. The first-order chi connectivity index (χ1) is 8.99. The molecule has 0 aliphatic heterocycles. The van der Waals surface area contributed by atoms with E-state index in [1.807, 2.05) is 45.0 Å². The third-order valence-corrected chi connectivity index (χ3v) is 3.54. The Labute approximate surface area is 116 Å². The summed E-state index contributed by atoms with van der Waals surface area (Å²) in [6.07, 6.45) is 0. The number of aryl methyl sites for hydroxylation is 1. The average molecular weight is 275 g/mol. The molecule has 2 rings (SSSR count). The van der Waals surface area contributed by atoms with Crippen LogP contribution in [0.15, 0.2) is 24.3 Å². The highest BCUT2D eigenvalue weighted by Gasteiger charge is 2.18. The molecule has 0 aliphatic rings. The zero-order chi connectivity index (χ0) is 14.0. The molecule has 0 unspecified atom stereocenters. The van der Waals surface area contributed by atoms with Crippen molar-refractivity contribution in [3.8, 4) is 11.3 Å². The van der Waals surface area contributed by atoms with Crippen molar-refractivity contribution in [1.29, 1.82) is 0 Å². The number of carbonyl (C=O) groups excluding carboxylic acids is 1. The SMILES string of the molecule is Cc1ccc(-c2nsc(C(=O)NC(C)C)c2N)cc1. The molecule has 0 saturated heterocycles. The lowest BCUT2D eigenvalue weighted by Crippen LogP contribution is -2.29. The topological polar surface area (TPSA) is 68.0 Å². The van der Waals surface area contributed by atoms with Gasteiger partial charge in [-0.1, -0.05) is 29.8 Å². The first-order valence-electron chi connectivity index (χ1n) is 6.12. The van der Waals surface area contributed by atoms with E-state index in [-0.39, 0.29) is 11.9 Å². The van der Waals surface area contributed by atoms with Crippen LogP contribution in [-0.2, 0) is 0 Å². The van der Waals surface area contributed by atoms with Gasteiger partial charge in [0.05, 0.1) is 5.69 Å². The van der Waals surface area contributed by atoms with Gasteiger partial charge in [0.15, 0.2) is 0 Å². The number of aromatic nitrogens is 1. The highest BCUT2D eigenvalue weighted by Crippen LogP contribution is 2.30. The Morgan fingerprint density at radius 3 is 2.53 bits per heavy atom. The van der Waals surface area contributed by atoms with Gasteiger partial charge in [0.2, 0.25) is 0 Å². The molecule has 4 nitrogen and oxygen atoms in total. The van der Waals surface area contributed by atoms with E-state index < -0.39 is 0 Å². The zero-order valence-electron chi connectivity index (χ0n) is 11.2. The molecule has 0 bridgehead atoms. The molecular formula is C14H17N3OS. The molecular weight excluding hydrogens is 258 g/mol. The molecule has 1 heterocycles. The molecule has 2 aromatic rings. The van der Waals surface area contributed by atoms with Gasteiger partial charge in [-0.25, -0.2) is 0 Å². The number of benzene rings is 1. The fourth-order valence-corrected chi connectivity index (χ4v) is 2.43. The normalized spacial score (nSPS) is 10.7. The lowest BCUT2D eigenvalue weighted by atomic mass is 10.1. The van der Waals surface area contributed by atoms with E-state index in [1.54, 1.807) is 0 Å². The van der Waals surface area contributed by atoms with Crippen molar-refractivity contribution in [2.75, 3.05) is 5.73 Å². The van der Waals surface area contributed by atoms with Crippen LogP contribution in [0.25, 0.3) is 11.3 Å². The van der Waals surface area contributed by atoms with Gasteiger partial charge in [-0.05, 0) is 32.3 Å². The Bertz CT molecular complexity index is 587. The van der Waals surface area contributed by atoms with Crippen LogP contribution in [0, 0.1) is 6.92 Å². The fraction of sp³-hybridized carbons (Fsp3) is 0.286. The standard InChI is InChI=1S/C14H17N3OS/c1-8(2)16-14(18)13-11(15)12(17-19-13)10-6-4-9(3)5-7-10/h4-8H,15H2,1-3H3,(H,16,18). The van der Waals surface area contributed by atoms with Gasteiger partial charge in [-0.3, -0.25) is 4.79 Å².